The minimum absolute atomic E-state index is 0.920. The lowest BCUT2D eigenvalue weighted by Gasteiger charge is -2.14. The first-order chi connectivity index (χ1) is 5.79. The van der Waals surface area contributed by atoms with Crippen molar-refractivity contribution in [2.75, 3.05) is 5.73 Å². The Kier molecular flexibility index (Phi) is 1.65. The molecule has 0 radical (unpaired) electrons. The molecule has 0 saturated heterocycles. The summed E-state index contributed by atoms with van der Waals surface area (Å²) in [6.45, 7) is 2.10. The molecular weight excluding hydrogens is 146 g/mol. The van der Waals surface area contributed by atoms with Crippen LogP contribution in [-0.2, 0) is 6.42 Å². The van der Waals surface area contributed by atoms with Crippen molar-refractivity contribution in [1.29, 1.82) is 0 Å². The van der Waals surface area contributed by atoms with E-state index in [1.807, 2.05) is 6.07 Å². The van der Waals surface area contributed by atoms with Crippen molar-refractivity contribution in [2.45, 2.75) is 19.8 Å². The molecule has 1 aromatic rings. The monoisotopic (exact) mass is 159 g/mol. The molecule has 1 aliphatic carbocycles. The van der Waals surface area contributed by atoms with Gasteiger partial charge in [-0.15, -0.1) is 0 Å². The summed E-state index contributed by atoms with van der Waals surface area (Å²) in [4.78, 5) is 0. The van der Waals surface area contributed by atoms with Crippen LogP contribution in [0, 0.1) is 6.92 Å². The Hall–Kier alpha value is -1.24. The number of nitrogen functional groups attached to an aromatic ring is 1. The van der Waals surface area contributed by atoms with Gasteiger partial charge in [0.25, 0.3) is 0 Å². The molecule has 1 aliphatic rings. The first-order valence-electron chi connectivity index (χ1n) is 4.33. The number of hydrogen-bond donors (Lipinski definition) is 1. The molecule has 0 bridgehead atoms. The van der Waals surface area contributed by atoms with Gasteiger partial charge in [-0.05, 0) is 42.5 Å². The third-order valence-corrected chi connectivity index (χ3v) is 2.54. The number of hydrogen-bond acceptors (Lipinski definition) is 1. The Morgan fingerprint density at radius 1 is 1.33 bits per heavy atom. The van der Waals surface area contributed by atoms with Crippen LogP contribution in [0.1, 0.15) is 23.1 Å². The SMILES string of the molecule is Cc1c(N)ccc2c1CCC=C2. The van der Waals surface area contributed by atoms with Gasteiger partial charge in [-0.1, -0.05) is 18.2 Å². The summed E-state index contributed by atoms with van der Waals surface area (Å²) in [7, 11) is 0. The van der Waals surface area contributed by atoms with Crippen LogP contribution in [0.4, 0.5) is 5.69 Å². The summed E-state index contributed by atoms with van der Waals surface area (Å²) in [5, 5.41) is 0. The first-order valence-corrected chi connectivity index (χ1v) is 4.33. The fourth-order valence-electron chi connectivity index (χ4n) is 1.72. The zero-order valence-corrected chi connectivity index (χ0v) is 7.30. The lowest BCUT2D eigenvalue weighted by atomic mass is 9.92. The zero-order chi connectivity index (χ0) is 8.55. The molecule has 0 heterocycles. The number of benzene rings is 1. The van der Waals surface area contributed by atoms with Crippen LogP contribution in [0.3, 0.4) is 0 Å². The van der Waals surface area contributed by atoms with Crippen LogP contribution >= 0.6 is 0 Å². The third kappa shape index (κ3) is 1.02. The van der Waals surface area contributed by atoms with E-state index in [1.165, 1.54) is 16.7 Å². The van der Waals surface area contributed by atoms with E-state index in [1.54, 1.807) is 0 Å². The molecule has 0 atom stereocenters. The number of rotatable bonds is 0. The summed E-state index contributed by atoms with van der Waals surface area (Å²) in [6.07, 6.45) is 6.70. The Labute approximate surface area is 72.9 Å². The smallest absolute Gasteiger partial charge is 0.0346 e. The fraction of sp³-hybridized carbons (Fsp3) is 0.273. The van der Waals surface area contributed by atoms with Crippen LogP contribution in [0.25, 0.3) is 6.08 Å². The molecule has 0 aromatic heterocycles. The van der Waals surface area contributed by atoms with E-state index in [0.717, 1.165) is 18.5 Å². The van der Waals surface area contributed by atoms with Crippen LogP contribution in [0.2, 0.25) is 0 Å². The quantitative estimate of drug-likeness (QED) is 0.578. The average Bonchev–Trinajstić information content (AvgIpc) is 2.12. The predicted octanol–water partition coefficient (Wildman–Crippen LogP) is 2.54. The van der Waals surface area contributed by atoms with Crippen molar-refractivity contribution in [3.63, 3.8) is 0 Å². The summed E-state index contributed by atoms with van der Waals surface area (Å²) >= 11 is 0. The van der Waals surface area contributed by atoms with E-state index >= 15 is 0 Å². The molecule has 2 rings (SSSR count). The highest BCUT2D eigenvalue weighted by molar-refractivity contribution is 5.64. The van der Waals surface area contributed by atoms with Crippen molar-refractivity contribution >= 4 is 11.8 Å². The van der Waals surface area contributed by atoms with Gasteiger partial charge < -0.3 is 5.73 Å². The van der Waals surface area contributed by atoms with Crippen LogP contribution in [0.15, 0.2) is 18.2 Å². The molecule has 0 saturated carbocycles. The van der Waals surface area contributed by atoms with E-state index in [0.29, 0.717) is 0 Å². The second-order valence-electron chi connectivity index (χ2n) is 3.29. The van der Waals surface area contributed by atoms with Gasteiger partial charge in [0.1, 0.15) is 0 Å². The van der Waals surface area contributed by atoms with Gasteiger partial charge in [-0.3, -0.25) is 0 Å². The largest absolute Gasteiger partial charge is 0.399 e. The Bertz CT molecular complexity index is 337. The lowest BCUT2D eigenvalue weighted by molar-refractivity contribution is 0.972. The summed E-state index contributed by atoms with van der Waals surface area (Å²) in [6, 6.07) is 4.09. The van der Waals surface area contributed by atoms with Crippen LogP contribution < -0.4 is 5.73 Å². The molecule has 12 heavy (non-hydrogen) atoms. The molecule has 0 amide bonds. The van der Waals surface area contributed by atoms with Crippen molar-refractivity contribution in [3.05, 3.63) is 34.9 Å². The highest BCUT2D eigenvalue weighted by Crippen LogP contribution is 2.25. The maximum Gasteiger partial charge on any atom is 0.0346 e. The van der Waals surface area contributed by atoms with Gasteiger partial charge in [0.2, 0.25) is 0 Å². The summed E-state index contributed by atoms with van der Waals surface area (Å²) in [5.41, 5.74) is 10.8. The zero-order valence-electron chi connectivity index (χ0n) is 7.30. The molecular formula is C11H13N. The van der Waals surface area contributed by atoms with Crippen molar-refractivity contribution in [1.82, 2.24) is 0 Å². The van der Waals surface area contributed by atoms with E-state index in [2.05, 4.69) is 25.1 Å². The first kappa shape index (κ1) is 7.41. The van der Waals surface area contributed by atoms with E-state index in [4.69, 9.17) is 5.73 Å². The second kappa shape index (κ2) is 2.67. The predicted molar refractivity (Wildman–Crippen MR) is 52.9 cm³/mol. The minimum atomic E-state index is 0.920. The molecule has 0 spiro atoms. The summed E-state index contributed by atoms with van der Waals surface area (Å²) in [5.74, 6) is 0. The molecule has 0 aliphatic heterocycles. The van der Waals surface area contributed by atoms with Crippen LogP contribution in [0.5, 0.6) is 0 Å². The Balaban J connectivity index is 2.63. The Morgan fingerprint density at radius 3 is 3.00 bits per heavy atom. The van der Waals surface area contributed by atoms with E-state index in [9.17, 15) is 0 Å². The van der Waals surface area contributed by atoms with Gasteiger partial charge >= 0.3 is 0 Å². The van der Waals surface area contributed by atoms with E-state index < -0.39 is 0 Å². The molecule has 1 aromatic carbocycles. The minimum Gasteiger partial charge on any atom is -0.399 e. The summed E-state index contributed by atoms with van der Waals surface area (Å²) < 4.78 is 0. The van der Waals surface area contributed by atoms with Gasteiger partial charge in [0.05, 0.1) is 0 Å². The van der Waals surface area contributed by atoms with Gasteiger partial charge in [-0.25, -0.2) is 0 Å². The van der Waals surface area contributed by atoms with Crippen LogP contribution in [-0.4, -0.2) is 0 Å². The third-order valence-electron chi connectivity index (χ3n) is 2.54. The van der Waals surface area contributed by atoms with E-state index in [-0.39, 0.29) is 0 Å². The van der Waals surface area contributed by atoms with Gasteiger partial charge in [0, 0.05) is 5.69 Å². The molecule has 0 fully saturated rings. The Morgan fingerprint density at radius 2 is 2.17 bits per heavy atom. The number of nitrogens with two attached hydrogens (primary N) is 1. The highest BCUT2D eigenvalue weighted by atomic mass is 14.6. The fourth-order valence-corrected chi connectivity index (χ4v) is 1.72. The number of fused-ring (bicyclic) bond motifs is 1. The highest BCUT2D eigenvalue weighted by Gasteiger charge is 2.08. The van der Waals surface area contributed by atoms with Crippen molar-refractivity contribution in [3.8, 4) is 0 Å². The van der Waals surface area contributed by atoms with Gasteiger partial charge in [0.15, 0.2) is 0 Å². The van der Waals surface area contributed by atoms with Crippen molar-refractivity contribution in [2.24, 2.45) is 0 Å². The van der Waals surface area contributed by atoms with Crippen molar-refractivity contribution < 1.29 is 0 Å². The standard InChI is InChI=1S/C11H13N/c1-8-10-5-3-2-4-9(10)6-7-11(8)12/h2,4,6-7H,3,5,12H2,1H3. The molecule has 1 heteroatoms. The second-order valence-corrected chi connectivity index (χ2v) is 3.29. The average molecular weight is 159 g/mol. The number of allylic oxidation sites excluding steroid dienone is 1. The normalized spacial score (nSPS) is 14.4. The number of anilines is 1. The van der Waals surface area contributed by atoms with Gasteiger partial charge in [-0.2, -0.15) is 0 Å². The topological polar surface area (TPSA) is 26.0 Å². The molecule has 0 unspecified atom stereocenters. The maximum atomic E-state index is 5.82. The molecule has 1 nitrogen and oxygen atoms in total. The molecule has 2 N–H and O–H groups in total. The molecule has 62 valence electrons. The lowest BCUT2D eigenvalue weighted by Crippen LogP contribution is -2.00. The maximum absolute atomic E-state index is 5.82.